The second kappa shape index (κ2) is 9.14. The third kappa shape index (κ3) is 6.61. The fourth-order valence-corrected chi connectivity index (χ4v) is 2.41. The van der Waals surface area contributed by atoms with Crippen LogP contribution in [-0.2, 0) is 18.1 Å². The molecule has 0 aromatic rings. The maximum absolute atomic E-state index is 11.9. The Kier molecular flexibility index (Phi) is 9.18. The van der Waals surface area contributed by atoms with Gasteiger partial charge in [0.2, 0.25) is 0 Å². The molecule has 0 amide bonds. The van der Waals surface area contributed by atoms with E-state index in [4.69, 9.17) is 13.6 Å². The molecule has 0 bridgehead atoms. The fraction of sp³-hybridized carbons (Fsp3) is 1.00. The van der Waals surface area contributed by atoms with E-state index in [9.17, 15) is 4.57 Å². The summed E-state index contributed by atoms with van der Waals surface area (Å²) in [5, 5.41) is 0. The van der Waals surface area contributed by atoms with Gasteiger partial charge in [0.25, 0.3) is 0 Å². The number of hydrogen-bond donors (Lipinski definition) is 0. The van der Waals surface area contributed by atoms with Gasteiger partial charge in [0.05, 0.1) is 19.8 Å². The molecule has 0 saturated carbocycles. The van der Waals surface area contributed by atoms with Gasteiger partial charge in [0.15, 0.2) is 0 Å². The monoisotopic (exact) mass is 253 g/mol. The van der Waals surface area contributed by atoms with Gasteiger partial charge < -0.3 is 4.90 Å². The van der Waals surface area contributed by atoms with Crippen molar-refractivity contribution in [3.63, 3.8) is 0 Å². The lowest BCUT2D eigenvalue weighted by atomic mass is 10.5. The first kappa shape index (κ1) is 16.1. The highest BCUT2D eigenvalue weighted by Gasteiger charge is 2.25. The lowest BCUT2D eigenvalue weighted by Gasteiger charge is -2.20. The molecule has 0 heterocycles. The molecule has 0 aliphatic rings. The molecule has 0 atom stereocenters. The minimum atomic E-state index is -3.32. The van der Waals surface area contributed by atoms with Gasteiger partial charge >= 0.3 is 7.82 Å². The Labute approximate surface area is 98.7 Å². The van der Waals surface area contributed by atoms with E-state index in [2.05, 4.69) is 18.7 Å². The lowest BCUT2D eigenvalue weighted by molar-refractivity contribution is 0.110. The zero-order valence-corrected chi connectivity index (χ0v) is 11.7. The van der Waals surface area contributed by atoms with Crippen LogP contribution >= 0.6 is 7.82 Å². The summed E-state index contributed by atoms with van der Waals surface area (Å²) < 4.78 is 27.1. The predicted molar refractivity (Wildman–Crippen MR) is 64.6 cm³/mol. The molecule has 16 heavy (non-hydrogen) atoms. The largest absolute Gasteiger partial charge is 0.474 e. The predicted octanol–water partition coefficient (Wildman–Crippen LogP) is 2.53. The average Bonchev–Trinajstić information content (AvgIpc) is 2.25. The molecule has 5 nitrogen and oxygen atoms in total. The van der Waals surface area contributed by atoms with E-state index in [1.807, 2.05) is 0 Å². The van der Waals surface area contributed by atoms with Crippen LogP contribution in [0, 0.1) is 0 Å². The highest BCUT2D eigenvalue weighted by atomic mass is 31.2. The van der Waals surface area contributed by atoms with Gasteiger partial charge in [-0.3, -0.25) is 13.6 Å². The summed E-state index contributed by atoms with van der Waals surface area (Å²) in [4.78, 5) is 2.18. The molecule has 0 fully saturated rings. The van der Waals surface area contributed by atoms with E-state index in [-0.39, 0.29) is 0 Å². The number of likely N-dealkylation sites (N-methyl/N-ethyl adjacent to an activating group) is 1. The molecule has 0 aromatic heterocycles. The zero-order valence-electron chi connectivity index (χ0n) is 10.8. The molecular weight excluding hydrogens is 229 g/mol. The number of hydrogen-bond acceptors (Lipinski definition) is 5. The second-order valence-corrected chi connectivity index (χ2v) is 4.81. The molecular formula is C10H24NO4P. The van der Waals surface area contributed by atoms with Gasteiger partial charge in [0.1, 0.15) is 0 Å². The molecule has 0 aromatic carbocycles. The minimum absolute atomic E-state index is 0.322. The van der Waals surface area contributed by atoms with Crippen LogP contribution in [0.5, 0.6) is 0 Å². The maximum Gasteiger partial charge on any atom is 0.474 e. The van der Waals surface area contributed by atoms with Crippen LogP contribution in [0.1, 0.15) is 27.7 Å². The van der Waals surface area contributed by atoms with E-state index < -0.39 is 7.82 Å². The van der Waals surface area contributed by atoms with Crippen molar-refractivity contribution in [2.24, 2.45) is 0 Å². The molecule has 0 aliphatic carbocycles. The molecule has 0 N–H and O–H groups in total. The molecule has 6 heteroatoms. The molecule has 0 aliphatic heterocycles. The summed E-state index contributed by atoms with van der Waals surface area (Å²) in [6.45, 7) is 11.3. The summed E-state index contributed by atoms with van der Waals surface area (Å²) >= 11 is 0. The number of rotatable bonds is 10. The van der Waals surface area contributed by atoms with Crippen molar-refractivity contribution in [2.75, 3.05) is 39.5 Å². The topological polar surface area (TPSA) is 48.0 Å². The van der Waals surface area contributed by atoms with E-state index in [1.165, 1.54) is 0 Å². The molecule has 0 unspecified atom stereocenters. The van der Waals surface area contributed by atoms with E-state index >= 15 is 0 Å². The highest BCUT2D eigenvalue weighted by molar-refractivity contribution is 7.48. The minimum Gasteiger partial charge on any atom is -0.302 e. The smallest absolute Gasteiger partial charge is 0.302 e. The molecule has 98 valence electrons. The summed E-state index contributed by atoms with van der Waals surface area (Å²) in [6, 6.07) is 0. The third-order valence-corrected chi connectivity index (χ3v) is 3.77. The molecule has 0 saturated heterocycles. The first-order valence-corrected chi connectivity index (χ1v) is 7.33. The van der Waals surface area contributed by atoms with Crippen molar-refractivity contribution in [3.8, 4) is 0 Å². The number of nitrogens with zero attached hydrogens (tertiary/aromatic N) is 1. The van der Waals surface area contributed by atoms with Crippen molar-refractivity contribution in [2.45, 2.75) is 27.7 Å². The van der Waals surface area contributed by atoms with Crippen molar-refractivity contribution < 1.29 is 18.1 Å². The van der Waals surface area contributed by atoms with Crippen LogP contribution in [-0.4, -0.2) is 44.4 Å². The lowest BCUT2D eigenvalue weighted by Crippen LogP contribution is -2.26. The Bertz CT molecular complexity index is 199. The Morgan fingerprint density at radius 2 is 1.44 bits per heavy atom. The Morgan fingerprint density at radius 3 is 1.81 bits per heavy atom. The number of phosphoric ester groups is 1. The van der Waals surface area contributed by atoms with Gasteiger partial charge in [-0.15, -0.1) is 0 Å². The van der Waals surface area contributed by atoms with Crippen molar-refractivity contribution in [1.29, 1.82) is 0 Å². The highest BCUT2D eigenvalue weighted by Crippen LogP contribution is 2.48. The summed E-state index contributed by atoms with van der Waals surface area (Å²) in [6.07, 6.45) is 0. The quantitative estimate of drug-likeness (QED) is 0.560. The van der Waals surface area contributed by atoms with Crippen LogP contribution in [0.15, 0.2) is 0 Å². The Morgan fingerprint density at radius 1 is 0.938 bits per heavy atom. The number of phosphoric acid groups is 1. The maximum atomic E-state index is 11.9. The van der Waals surface area contributed by atoms with Gasteiger partial charge in [-0.1, -0.05) is 13.8 Å². The van der Waals surface area contributed by atoms with Gasteiger partial charge in [0, 0.05) is 6.54 Å². The Hall–Kier alpha value is 0.0700. The van der Waals surface area contributed by atoms with Gasteiger partial charge in [-0.05, 0) is 26.9 Å². The second-order valence-electron chi connectivity index (χ2n) is 3.14. The van der Waals surface area contributed by atoms with Gasteiger partial charge in [-0.25, -0.2) is 4.57 Å². The van der Waals surface area contributed by atoms with Crippen molar-refractivity contribution >= 4 is 7.82 Å². The molecule has 0 spiro atoms. The third-order valence-electron chi connectivity index (χ3n) is 2.13. The first-order valence-electron chi connectivity index (χ1n) is 5.87. The SMILES string of the molecule is CCOP(=O)(OCC)OCCN(CC)CC. The van der Waals surface area contributed by atoms with Gasteiger partial charge in [-0.2, -0.15) is 0 Å². The van der Waals surface area contributed by atoms with Crippen molar-refractivity contribution in [3.05, 3.63) is 0 Å². The van der Waals surface area contributed by atoms with Crippen LogP contribution in [0.4, 0.5) is 0 Å². The fourth-order valence-electron chi connectivity index (χ4n) is 1.25. The summed E-state index contributed by atoms with van der Waals surface area (Å²) in [5.41, 5.74) is 0. The average molecular weight is 253 g/mol. The zero-order chi connectivity index (χ0) is 12.4. The van der Waals surface area contributed by atoms with E-state index in [1.54, 1.807) is 13.8 Å². The van der Waals surface area contributed by atoms with Crippen LogP contribution in [0.25, 0.3) is 0 Å². The standard InChI is InChI=1S/C10H24NO4P/c1-5-11(6-2)9-10-15-16(12,13-7-3)14-8-4/h5-10H2,1-4H3. The van der Waals surface area contributed by atoms with Crippen molar-refractivity contribution in [1.82, 2.24) is 4.90 Å². The normalized spacial score (nSPS) is 12.3. The van der Waals surface area contributed by atoms with Crippen LogP contribution in [0.3, 0.4) is 0 Å². The van der Waals surface area contributed by atoms with Crippen LogP contribution in [0.2, 0.25) is 0 Å². The first-order chi connectivity index (χ1) is 7.61. The summed E-state index contributed by atoms with van der Waals surface area (Å²) in [5.74, 6) is 0. The molecule has 0 radical (unpaired) electrons. The summed E-state index contributed by atoms with van der Waals surface area (Å²) in [7, 11) is -3.32. The molecule has 0 rings (SSSR count). The van der Waals surface area contributed by atoms with Crippen LogP contribution < -0.4 is 0 Å². The Balaban J connectivity index is 3.97. The van der Waals surface area contributed by atoms with E-state index in [0.29, 0.717) is 19.8 Å². The van der Waals surface area contributed by atoms with E-state index in [0.717, 1.165) is 19.6 Å².